The van der Waals surface area contributed by atoms with Crippen LogP contribution >= 0.6 is 35.0 Å². The highest BCUT2D eigenvalue weighted by Gasteiger charge is 2.29. The molecular weight excluding hydrogens is 351 g/mol. The van der Waals surface area contributed by atoms with Crippen LogP contribution in [0.4, 0.5) is 0 Å². The Labute approximate surface area is 139 Å². The van der Waals surface area contributed by atoms with E-state index in [0.29, 0.717) is 15.8 Å². The average Bonchev–Trinajstić information content (AvgIpc) is 2.85. The van der Waals surface area contributed by atoms with E-state index in [1.165, 1.54) is 12.1 Å². The van der Waals surface area contributed by atoms with Gasteiger partial charge in [-0.3, -0.25) is 0 Å². The summed E-state index contributed by atoms with van der Waals surface area (Å²) in [7, 11) is -3.66. The Balaban J connectivity index is 2.24. The molecule has 0 aromatic heterocycles. The number of halogens is 2. The summed E-state index contributed by atoms with van der Waals surface area (Å²) in [5, 5.41) is 1.01. The van der Waals surface area contributed by atoms with Gasteiger partial charge < -0.3 is 5.73 Å². The Morgan fingerprint density at radius 3 is 2.62 bits per heavy atom. The third-order valence-electron chi connectivity index (χ3n) is 3.65. The minimum Gasteiger partial charge on any atom is -0.326 e. The van der Waals surface area contributed by atoms with Gasteiger partial charge >= 0.3 is 0 Å². The van der Waals surface area contributed by atoms with Crippen molar-refractivity contribution in [3.63, 3.8) is 0 Å². The third kappa shape index (κ3) is 4.06. The molecule has 0 bridgehead atoms. The van der Waals surface area contributed by atoms with Crippen LogP contribution < -0.4 is 10.5 Å². The van der Waals surface area contributed by atoms with Crippen molar-refractivity contribution < 1.29 is 8.42 Å². The molecule has 1 aliphatic rings. The Bertz CT molecular complexity index is 623. The van der Waals surface area contributed by atoms with Crippen LogP contribution in [-0.4, -0.2) is 26.0 Å². The highest BCUT2D eigenvalue weighted by Crippen LogP contribution is 2.32. The van der Waals surface area contributed by atoms with E-state index >= 15 is 0 Å². The quantitative estimate of drug-likeness (QED) is 0.837. The second-order valence-corrected chi connectivity index (χ2v) is 8.70. The van der Waals surface area contributed by atoms with E-state index in [1.54, 1.807) is 11.8 Å². The fraction of sp³-hybridized carbons (Fsp3) is 0.538. The topological polar surface area (TPSA) is 72.2 Å². The average molecular weight is 369 g/mol. The fourth-order valence-electron chi connectivity index (χ4n) is 2.48. The molecule has 0 aliphatic heterocycles. The molecule has 0 amide bonds. The Kier molecular flexibility index (Phi) is 5.84. The van der Waals surface area contributed by atoms with Crippen molar-refractivity contribution in [3.8, 4) is 0 Å². The van der Waals surface area contributed by atoms with Crippen molar-refractivity contribution in [2.24, 2.45) is 5.73 Å². The highest BCUT2D eigenvalue weighted by atomic mass is 35.5. The number of hydrogen-bond acceptors (Lipinski definition) is 4. The van der Waals surface area contributed by atoms with Crippen LogP contribution in [-0.2, 0) is 16.6 Å². The minimum atomic E-state index is -3.66. The highest BCUT2D eigenvalue weighted by molar-refractivity contribution is 7.99. The van der Waals surface area contributed by atoms with Crippen molar-refractivity contribution in [1.82, 2.24) is 4.72 Å². The summed E-state index contributed by atoms with van der Waals surface area (Å²) in [4.78, 5) is 0.0432. The van der Waals surface area contributed by atoms with Gasteiger partial charge in [-0.15, -0.1) is 0 Å². The van der Waals surface area contributed by atoms with Crippen LogP contribution in [0.1, 0.15) is 24.8 Å². The lowest BCUT2D eigenvalue weighted by molar-refractivity contribution is 0.552. The first kappa shape index (κ1) is 17.4. The van der Waals surface area contributed by atoms with Crippen LogP contribution in [0.3, 0.4) is 0 Å². The van der Waals surface area contributed by atoms with Crippen molar-refractivity contribution in [2.45, 2.75) is 42.0 Å². The molecule has 118 valence electrons. The zero-order valence-electron chi connectivity index (χ0n) is 11.6. The van der Waals surface area contributed by atoms with Gasteiger partial charge in [-0.05, 0) is 43.2 Å². The van der Waals surface area contributed by atoms with Gasteiger partial charge in [-0.1, -0.05) is 23.2 Å². The number of nitrogens with two attached hydrogens (primary N) is 1. The Hall–Kier alpha value is 0.0200. The molecule has 0 heterocycles. The lowest BCUT2D eigenvalue weighted by Crippen LogP contribution is -2.33. The monoisotopic (exact) mass is 368 g/mol. The molecule has 21 heavy (non-hydrogen) atoms. The van der Waals surface area contributed by atoms with Crippen molar-refractivity contribution in [1.29, 1.82) is 0 Å². The summed E-state index contributed by atoms with van der Waals surface area (Å²) in [6.45, 7) is 0.163. The van der Waals surface area contributed by atoms with Gasteiger partial charge in [0.15, 0.2) is 0 Å². The first-order chi connectivity index (χ1) is 9.87. The second-order valence-electron chi connectivity index (χ2n) is 5.07. The molecule has 1 aliphatic carbocycles. The number of thioether (sulfide) groups is 1. The van der Waals surface area contributed by atoms with E-state index in [4.69, 9.17) is 28.9 Å². The fourth-order valence-corrected chi connectivity index (χ4v) is 5.43. The van der Waals surface area contributed by atoms with Crippen LogP contribution in [0.25, 0.3) is 0 Å². The molecule has 2 atom stereocenters. The smallest absolute Gasteiger partial charge is 0.242 e. The lowest BCUT2D eigenvalue weighted by Gasteiger charge is -2.15. The van der Waals surface area contributed by atoms with Gasteiger partial charge in [0, 0.05) is 22.9 Å². The summed E-state index contributed by atoms with van der Waals surface area (Å²) >= 11 is 13.8. The molecule has 0 spiro atoms. The van der Waals surface area contributed by atoms with Gasteiger partial charge in [-0.2, -0.15) is 11.8 Å². The number of hydrogen-bond donors (Lipinski definition) is 2. The standard InChI is InChI=1S/C13H18Cl2N2O2S2/c1-20-10-3-2-9(5-10)17-21(18,19)13-4-8(7-16)11(14)6-12(13)15/h4,6,9-10,17H,2-3,5,7,16H2,1H3. The predicted molar refractivity (Wildman–Crippen MR) is 89.6 cm³/mol. The van der Waals surface area contributed by atoms with E-state index in [2.05, 4.69) is 4.72 Å². The molecule has 1 saturated carbocycles. The summed E-state index contributed by atoms with van der Waals surface area (Å²) < 4.78 is 27.7. The van der Waals surface area contributed by atoms with E-state index in [9.17, 15) is 8.42 Å². The molecule has 1 fully saturated rings. The molecule has 2 rings (SSSR count). The summed E-state index contributed by atoms with van der Waals surface area (Å²) in [6.07, 6.45) is 4.76. The molecule has 1 aromatic carbocycles. The van der Waals surface area contributed by atoms with Crippen LogP contribution in [0.15, 0.2) is 17.0 Å². The van der Waals surface area contributed by atoms with Crippen molar-refractivity contribution in [3.05, 3.63) is 27.7 Å². The van der Waals surface area contributed by atoms with E-state index < -0.39 is 10.0 Å². The largest absolute Gasteiger partial charge is 0.326 e. The first-order valence-corrected chi connectivity index (χ1v) is 10.1. The molecule has 3 N–H and O–H groups in total. The van der Waals surface area contributed by atoms with E-state index in [1.807, 2.05) is 6.26 Å². The van der Waals surface area contributed by atoms with Gasteiger partial charge in [0.25, 0.3) is 0 Å². The van der Waals surface area contributed by atoms with E-state index in [-0.39, 0.29) is 22.5 Å². The molecule has 0 saturated heterocycles. The van der Waals surface area contributed by atoms with Crippen LogP contribution in [0.2, 0.25) is 10.0 Å². The molecule has 0 radical (unpaired) electrons. The number of benzene rings is 1. The third-order valence-corrected chi connectivity index (χ3v) is 7.08. The van der Waals surface area contributed by atoms with Gasteiger partial charge in [0.05, 0.1) is 5.02 Å². The SMILES string of the molecule is CSC1CCC(NS(=O)(=O)c2cc(CN)c(Cl)cc2Cl)C1. The Morgan fingerprint density at radius 1 is 1.33 bits per heavy atom. The van der Waals surface area contributed by atoms with Gasteiger partial charge in [0.1, 0.15) is 4.90 Å². The number of rotatable bonds is 5. The molecule has 8 heteroatoms. The zero-order chi connectivity index (χ0) is 15.6. The van der Waals surface area contributed by atoms with Crippen molar-refractivity contribution >= 4 is 45.0 Å². The number of sulfonamides is 1. The predicted octanol–water partition coefficient (Wildman–Crippen LogP) is 3.01. The summed E-state index contributed by atoms with van der Waals surface area (Å²) in [5.41, 5.74) is 6.13. The summed E-state index contributed by atoms with van der Waals surface area (Å²) in [6, 6.07) is 2.84. The maximum Gasteiger partial charge on any atom is 0.242 e. The normalized spacial score (nSPS) is 22.7. The lowest BCUT2D eigenvalue weighted by atomic mass is 10.2. The van der Waals surface area contributed by atoms with E-state index in [0.717, 1.165) is 19.3 Å². The zero-order valence-corrected chi connectivity index (χ0v) is 14.7. The number of nitrogens with one attached hydrogen (secondary N) is 1. The second kappa shape index (κ2) is 7.06. The molecule has 2 unspecified atom stereocenters. The minimum absolute atomic E-state index is 0.0412. The Morgan fingerprint density at radius 2 is 2.05 bits per heavy atom. The van der Waals surface area contributed by atoms with Gasteiger partial charge in [0.2, 0.25) is 10.0 Å². The summed E-state index contributed by atoms with van der Waals surface area (Å²) in [5.74, 6) is 0. The van der Waals surface area contributed by atoms with Gasteiger partial charge in [-0.25, -0.2) is 13.1 Å². The maximum absolute atomic E-state index is 12.5. The van der Waals surface area contributed by atoms with Crippen LogP contribution in [0, 0.1) is 0 Å². The molecular formula is C13H18Cl2N2O2S2. The van der Waals surface area contributed by atoms with Crippen LogP contribution in [0.5, 0.6) is 0 Å². The molecule has 1 aromatic rings. The molecule has 4 nitrogen and oxygen atoms in total. The van der Waals surface area contributed by atoms with Crippen molar-refractivity contribution in [2.75, 3.05) is 6.26 Å². The first-order valence-electron chi connectivity index (χ1n) is 6.60. The maximum atomic E-state index is 12.5.